The van der Waals surface area contributed by atoms with Crippen LogP contribution in [0.4, 0.5) is 12.9 Å². The minimum Gasteiger partial charge on any atom is -0.495 e. The summed E-state index contributed by atoms with van der Waals surface area (Å²) in [5.41, 5.74) is -0.638. The van der Waals surface area contributed by atoms with E-state index in [9.17, 15) is 12.9 Å². The van der Waals surface area contributed by atoms with Gasteiger partial charge in [-0.3, -0.25) is 4.90 Å². The van der Waals surface area contributed by atoms with Crippen LogP contribution in [0.15, 0.2) is 24.3 Å². The molecule has 0 saturated carbocycles. The van der Waals surface area contributed by atoms with Gasteiger partial charge in [0.1, 0.15) is 6.61 Å². The molecule has 1 saturated heterocycles. The fraction of sp³-hybridized carbons (Fsp3) is 0.538. The molecule has 2 nitrogen and oxygen atoms in total. The molecule has 0 atom stereocenters. The first-order valence-electron chi connectivity index (χ1n) is 6.71. The number of ether oxygens (including phenoxy) is 1. The van der Waals surface area contributed by atoms with E-state index in [1.165, 1.54) is 31.4 Å². The Bertz CT molecular complexity index is 411. The molecule has 0 spiro atoms. The third-order valence-corrected chi connectivity index (χ3v) is 3.39. The maximum Gasteiger partial charge on any atom is 1.00 e. The van der Waals surface area contributed by atoms with Gasteiger partial charge in [0.25, 0.3) is 0 Å². The zero-order chi connectivity index (χ0) is 13.7. The van der Waals surface area contributed by atoms with Crippen LogP contribution in [-0.2, 0) is 0 Å². The molecule has 106 valence electrons. The first-order valence-corrected chi connectivity index (χ1v) is 6.71. The van der Waals surface area contributed by atoms with Gasteiger partial charge in [-0.05, 0) is 32.0 Å². The molecule has 2 rings (SSSR count). The average molecular weight is 311 g/mol. The van der Waals surface area contributed by atoms with Crippen LogP contribution < -0.4 is 61.6 Å². The molecule has 1 heterocycles. The number of nitrogens with zero attached hydrogens (tertiary/aromatic N) is 1. The Balaban J connectivity index is 0.00000200. The van der Waals surface area contributed by atoms with E-state index in [0.717, 1.165) is 19.2 Å². The fourth-order valence-corrected chi connectivity index (χ4v) is 2.35. The van der Waals surface area contributed by atoms with E-state index in [1.54, 1.807) is 6.07 Å². The van der Waals surface area contributed by atoms with Gasteiger partial charge in [0.2, 0.25) is 0 Å². The first kappa shape index (κ1) is 18.5. The Morgan fingerprint density at radius 3 is 2.35 bits per heavy atom. The second kappa shape index (κ2) is 8.80. The molecule has 1 aromatic rings. The summed E-state index contributed by atoms with van der Waals surface area (Å²) in [5, 5.41) is 0. The zero-order valence-electron chi connectivity index (χ0n) is 11.8. The van der Waals surface area contributed by atoms with Gasteiger partial charge >= 0.3 is 58.4 Å². The van der Waals surface area contributed by atoms with Gasteiger partial charge in [0.15, 0.2) is 0 Å². The van der Waals surface area contributed by atoms with E-state index in [1.807, 2.05) is 0 Å². The van der Waals surface area contributed by atoms with E-state index in [0.29, 0.717) is 13.2 Å². The third kappa shape index (κ3) is 5.69. The van der Waals surface area contributed by atoms with Crippen molar-refractivity contribution in [1.82, 2.24) is 4.90 Å². The van der Waals surface area contributed by atoms with Crippen molar-refractivity contribution in [2.24, 2.45) is 0 Å². The van der Waals surface area contributed by atoms with E-state index in [2.05, 4.69) is 4.90 Å². The van der Waals surface area contributed by atoms with Gasteiger partial charge < -0.3 is 17.7 Å². The van der Waals surface area contributed by atoms with Crippen LogP contribution in [0, 0.1) is 0 Å². The van der Waals surface area contributed by atoms with Crippen molar-refractivity contribution in [3.8, 4) is 5.75 Å². The standard InChI is InChI=1S/C13H18BF3NO.K/c15-14(16,17)12-6-2-3-7-13(12)19-11-10-18-8-4-1-5-9-18;/h2-3,6-7H,1,4-5,8-11H2;/q-1;+1. The number of hydrogen-bond donors (Lipinski definition) is 0. The summed E-state index contributed by atoms with van der Waals surface area (Å²) in [5.74, 6) is -0.0491. The Kier molecular flexibility index (Phi) is 8.15. The van der Waals surface area contributed by atoms with Gasteiger partial charge in [-0.15, -0.1) is 0 Å². The quantitative estimate of drug-likeness (QED) is 0.687. The number of hydrogen-bond acceptors (Lipinski definition) is 2. The minimum absolute atomic E-state index is 0. The van der Waals surface area contributed by atoms with Crippen molar-refractivity contribution in [2.45, 2.75) is 19.3 Å². The third-order valence-electron chi connectivity index (χ3n) is 3.39. The molecule has 7 heteroatoms. The van der Waals surface area contributed by atoms with Gasteiger partial charge in [0.05, 0.1) is 5.75 Å². The Hall–Kier alpha value is 0.471. The largest absolute Gasteiger partial charge is 1.00 e. The monoisotopic (exact) mass is 311 g/mol. The van der Waals surface area contributed by atoms with E-state index >= 15 is 0 Å². The smallest absolute Gasteiger partial charge is 0.495 e. The topological polar surface area (TPSA) is 12.5 Å². The van der Waals surface area contributed by atoms with Crippen LogP contribution in [0.1, 0.15) is 19.3 Å². The van der Waals surface area contributed by atoms with Crippen LogP contribution in [-0.4, -0.2) is 38.1 Å². The van der Waals surface area contributed by atoms with Crippen LogP contribution in [0.25, 0.3) is 0 Å². The maximum absolute atomic E-state index is 12.8. The fourth-order valence-electron chi connectivity index (χ4n) is 2.35. The molecule has 0 radical (unpaired) electrons. The van der Waals surface area contributed by atoms with E-state index in [-0.39, 0.29) is 57.1 Å². The number of likely N-dealkylation sites (tertiary alicyclic amines) is 1. The number of para-hydroxylation sites is 1. The van der Waals surface area contributed by atoms with Crippen molar-refractivity contribution in [3.63, 3.8) is 0 Å². The second-order valence-electron chi connectivity index (χ2n) is 4.86. The zero-order valence-corrected chi connectivity index (χ0v) is 14.9. The summed E-state index contributed by atoms with van der Waals surface area (Å²) < 4.78 is 43.7. The normalized spacial score (nSPS) is 16.6. The Morgan fingerprint density at radius 1 is 1.05 bits per heavy atom. The molecule has 1 aliphatic heterocycles. The first-order chi connectivity index (χ1) is 9.07. The molecule has 0 aromatic heterocycles. The summed E-state index contributed by atoms with van der Waals surface area (Å²) in [4.78, 5) is 2.24. The summed E-state index contributed by atoms with van der Waals surface area (Å²) >= 11 is 0. The predicted molar refractivity (Wildman–Crippen MR) is 70.9 cm³/mol. The molecule has 1 fully saturated rings. The van der Waals surface area contributed by atoms with Crippen molar-refractivity contribution >= 4 is 12.4 Å². The molecule has 0 aliphatic carbocycles. The molecule has 0 unspecified atom stereocenters. The van der Waals surface area contributed by atoms with Gasteiger partial charge in [0, 0.05) is 6.54 Å². The summed E-state index contributed by atoms with van der Waals surface area (Å²) in [6, 6.07) is 5.43. The number of benzene rings is 1. The number of halogens is 3. The van der Waals surface area contributed by atoms with E-state index < -0.39 is 12.4 Å². The van der Waals surface area contributed by atoms with Gasteiger partial charge in [-0.1, -0.05) is 30.1 Å². The maximum atomic E-state index is 12.8. The van der Waals surface area contributed by atoms with Gasteiger partial charge in [-0.2, -0.15) is 0 Å². The molecule has 20 heavy (non-hydrogen) atoms. The van der Waals surface area contributed by atoms with Crippen molar-refractivity contribution in [3.05, 3.63) is 24.3 Å². The SMILES string of the molecule is F[B-](F)(F)c1ccccc1OCCN1CCCCC1.[K+]. The molecular weight excluding hydrogens is 293 g/mol. The molecular formula is C13H18BF3KNO. The molecule has 0 amide bonds. The molecule has 0 bridgehead atoms. The molecule has 1 aliphatic rings. The van der Waals surface area contributed by atoms with Crippen molar-refractivity contribution in [2.75, 3.05) is 26.2 Å². The van der Waals surface area contributed by atoms with Crippen molar-refractivity contribution in [1.29, 1.82) is 0 Å². The Morgan fingerprint density at radius 2 is 1.70 bits per heavy atom. The summed E-state index contributed by atoms with van der Waals surface area (Å²) in [7, 11) is 0. The van der Waals surface area contributed by atoms with Crippen LogP contribution in [0.3, 0.4) is 0 Å². The minimum atomic E-state index is -5.01. The van der Waals surface area contributed by atoms with Crippen LogP contribution >= 0.6 is 0 Å². The summed E-state index contributed by atoms with van der Waals surface area (Å²) in [6.07, 6.45) is 3.58. The summed E-state index contributed by atoms with van der Waals surface area (Å²) in [6.45, 7) is -1.96. The Labute approximate surface area is 160 Å². The van der Waals surface area contributed by atoms with Crippen LogP contribution in [0.2, 0.25) is 0 Å². The van der Waals surface area contributed by atoms with Crippen LogP contribution in [0.5, 0.6) is 5.75 Å². The van der Waals surface area contributed by atoms with E-state index in [4.69, 9.17) is 4.74 Å². The number of rotatable bonds is 5. The molecule has 1 aromatic carbocycles. The number of piperidine rings is 1. The average Bonchev–Trinajstić information content (AvgIpc) is 2.39. The second-order valence-corrected chi connectivity index (χ2v) is 4.86. The molecule has 0 N–H and O–H groups in total. The van der Waals surface area contributed by atoms with Gasteiger partial charge in [-0.25, -0.2) is 0 Å². The predicted octanol–water partition coefficient (Wildman–Crippen LogP) is -0.390. The van der Waals surface area contributed by atoms with Crippen molar-refractivity contribution < 1.29 is 69.1 Å².